The van der Waals surface area contributed by atoms with E-state index in [0.29, 0.717) is 13.2 Å². The van der Waals surface area contributed by atoms with Crippen molar-refractivity contribution in [1.29, 1.82) is 0 Å². The molecule has 1 aromatic heterocycles. The average Bonchev–Trinajstić information content (AvgIpc) is 2.84. The first-order valence-electron chi connectivity index (χ1n) is 11.9. The van der Waals surface area contributed by atoms with E-state index in [-0.39, 0.29) is 18.1 Å². The molecule has 6 heteroatoms. The first kappa shape index (κ1) is 23.8. The van der Waals surface area contributed by atoms with E-state index in [2.05, 4.69) is 28.1 Å². The summed E-state index contributed by atoms with van der Waals surface area (Å²) in [6, 6.07) is 20.5. The molecule has 0 N–H and O–H groups in total. The smallest absolute Gasteiger partial charge is 0.219 e. The molecular weight excluding hydrogens is 426 g/mol. The van der Waals surface area contributed by atoms with Gasteiger partial charge in [-0.2, -0.15) is 0 Å². The van der Waals surface area contributed by atoms with E-state index in [1.165, 1.54) is 5.56 Å². The molecule has 1 fully saturated rings. The molecule has 1 aliphatic rings. The van der Waals surface area contributed by atoms with E-state index in [1.807, 2.05) is 67.4 Å². The second kappa shape index (κ2) is 11.2. The molecule has 0 radical (unpaired) electrons. The number of hydrogen-bond donors (Lipinski definition) is 0. The average molecular weight is 460 g/mol. The largest absolute Gasteiger partial charge is 0.491 e. The first-order valence-corrected chi connectivity index (χ1v) is 11.9. The number of para-hydroxylation sites is 1. The van der Waals surface area contributed by atoms with Gasteiger partial charge in [-0.05, 0) is 43.7 Å². The summed E-state index contributed by atoms with van der Waals surface area (Å²) < 4.78 is 12.0. The van der Waals surface area contributed by atoms with Crippen LogP contribution in [0.2, 0.25) is 0 Å². The highest BCUT2D eigenvalue weighted by atomic mass is 16.5. The fourth-order valence-electron chi connectivity index (χ4n) is 4.29. The second-order valence-corrected chi connectivity index (χ2v) is 8.94. The molecule has 1 amide bonds. The summed E-state index contributed by atoms with van der Waals surface area (Å²) in [6.45, 7) is 9.09. The molecule has 1 atom stereocenters. The maximum absolute atomic E-state index is 12.2. The lowest BCUT2D eigenvalue weighted by Crippen LogP contribution is -2.49. The number of nitrogens with zero attached hydrogens (tertiary/aromatic N) is 3. The fourth-order valence-corrected chi connectivity index (χ4v) is 4.29. The van der Waals surface area contributed by atoms with E-state index in [0.717, 1.165) is 42.3 Å². The summed E-state index contributed by atoms with van der Waals surface area (Å²) in [7, 11) is 0. The van der Waals surface area contributed by atoms with Crippen LogP contribution in [-0.2, 0) is 17.9 Å². The van der Waals surface area contributed by atoms with Gasteiger partial charge in [0.15, 0.2) is 0 Å². The molecule has 1 aliphatic heterocycles. The standard InChI is InChI=1S/C28H33N3O3/c1-21(2)34-26-12-10-24(11-13-26)27-19-30(22(3)32)15-16-31(27)18-25-8-4-5-9-28(25)33-20-23-7-6-14-29-17-23/h4-14,17,21,27H,15-16,18-20H2,1-3H3/t27-/m0/s1. The summed E-state index contributed by atoms with van der Waals surface area (Å²) in [5.74, 6) is 1.85. The van der Waals surface area contributed by atoms with Crippen molar-refractivity contribution in [1.82, 2.24) is 14.8 Å². The zero-order chi connectivity index (χ0) is 23.9. The number of amides is 1. The Morgan fingerprint density at radius 1 is 1.06 bits per heavy atom. The molecule has 0 unspecified atom stereocenters. The number of rotatable bonds is 8. The van der Waals surface area contributed by atoms with Gasteiger partial charge in [-0.15, -0.1) is 0 Å². The van der Waals surface area contributed by atoms with Gasteiger partial charge in [-0.1, -0.05) is 36.4 Å². The van der Waals surface area contributed by atoms with Crippen LogP contribution in [0.5, 0.6) is 11.5 Å². The lowest BCUT2D eigenvalue weighted by Gasteiger charge is -2.41. The van der Waals surface area contributed by atoms with Gasteiger partial charge in [0.25, 0.3) is 0 Å². The molecule has 0 saturated carbocycles. The van der Waals surface area contributed by atoms with E-state index >= 15 is 0 Å². The lowest BCUT2D eigenvalue weighted by atomic mass is 10.0. The predicted octanol–water partition coefficient (Wildman–Crippen LogP) is 4.85. The maximum Gasteiger partial charge on any atom is 0.219 e. The molecule has 6 nitrogen and oxygen atoms in total. The number of carbonyl (C=O) groups excluding carboxylic acids is 1. The molecule has 0 aliphatic carbocycles. The Bertz CT molecular complexity index is 1070. The first-order chi connectivity index (χ1) is 16.5. The number of piperazine rings is 1. The monoisotopic (exact) mass is 459 g/mol. The Hall–Kier alpha value is -3.38. The van der Waals surface area contributed by atoms with Gasteiger partial charge < -0.3 is 14.4 Å². The Morgan fingerprint density at radius 2 is 1.85 bits per heavy atom. The topological polar surface area (TPSA) is 54.9 Å². The summed E-state index contributed by atoms with van der Waals surface area (Å²) in [5, 5.41) is 0. The van der Waals surface area contributed by atoms with Gasteiger partial charge in [-0.25, -0.2) is 0 Å². The maximum atomic E-state index is 12.2. The highest BCUT2D eigenvalue weighted by Crippen LogP contribution is 2.31. The number of pyridine rings is 1. The van der Waals surface area contributed by atoms with E-state index in [1.54, 1.807) is 13.1 Å². The molecule has 0 spiro atoms. The fraction of sp³-hybridized carbons (Fsp3) is 0.357. The Kier molecular flexibility index (Phi) is 7.80. The van der Waals surface area contributed by atoms with Crippen molar-refractivity contribution in [2.24, 2.45) is 0 Å². The van der Waals surface area contributed by atoms with Crippen LogP contribution in [0.1, 0.15) is 43.5 Å². The van der Waals surface area contributed by atoms with Crippen molar-refractivity contribution in [3.05, 3.63) is 89.7 Å². The van der Waals surface area contributed by atoms with Crippen LogP contribution in [0.4, 0.5) is 0 Å². The molecule has 1 saturated heterocycles. The summed E-state index contributed by atoms with van der Waals surface area (Å²) in [5.41, 5.74) is 3.34. The summed E-state index contributed by atoms with van der Waals surface area (Å²) >= 11 is 0. The SMILES string of the molecule is CC(=O)N1CCN(Cc2ccccc2OCc2cccnc2)[C@H](c2ccc(OC(C)C)cc2)C1. The van der Waals surface area contributed by atoms with E-state index < -0.39 is 0 Å². The van der Waals surface area contributed by atoms with Crippen LogP contribution in [-0.4, -0.2) is 46.4 Å². The Balaban J connectivity index is 1.53. The zero-order valence-electron chi connectivity index (χ0n) is 20.2. The number of ether oxygens (including phenoxy) is 2. The summed E-state index contributed by atoms with van der Waals surface area (Å²) in [4.78, 5) is 20.7. The molecule has 2 heterocycles. The molecule has 2 aromatic carbocycles. The third-order valence-electron chi connectivity index (χ3n) is 6.04. The number of aromatic nitrogens is 1. The Labute approximate surface area is 202 Å². The number of hydrogen-bond acceptors (Lipinski definition) is 5. The van der Waals surface area contributed by atoms with Crippen molar-refractivity contribution in [3.63, 3.8) is 0 Å². The van der Waals surface area contributed by atoms with Crippen LogP contribution < -0.4 is 9.47 Å². The number of carbonyl (C=O) groups is 1. The van der Waals surface area contributed by atoms with Crippen LogP contribution in [0, 0.1) is 0 Å². The third kappa shape index (κ3) is 6.14. The lowest BCUT2D eigenvalue weighted by molar-refractivity contribution is -0.132. The van der Waals surface area contributed by atoms with Gasteiger partial charge in [0, 0.05) is 56.6 Å². The number of benzene rings is 2. The van der Waals surface area contributed by atoms with Gasteiger partial charge >= 0.3 is 0 Å². The normalized spacial score (nSPS) is 16.5. The third-order valence-corrected chi connectivity index (χ3v) is 6.04. The van der Waals surface area contributed by atoms with Crippen LogP contribution in [0.3, 0.4) is 0 Å². The van der Waals surface area contributed by atoms with Crippen molar-refractivity contribution < 1.29 is 14.3 Å². The minimum atomic E-state index is 0.0946. The van der Waals surface area contributed by atoms with Gasteiger partial charge in [0.1, 0.15) is 18.1 Å². The molecule has 34 heavy (non-hydrogen) atoms. The van der Waals surface area contributed by atoms with Gasteiger partial charge in [0.2, 0.25) is 5.91 Å². The van der Waals surface area contributed by atoms with E-state index in [4.69, 9.17) is 9.47 Å². The van der Waals surface area contributed by atoms with Gasteiger partial charge in [-0.3, -0.25) is 14.7 Å². The highest BCUT2D eigenvalue weighted by Gasteiger charge is 2.30. The predicted molar refractivity (Wildman–Crippen MR) is 133 cm³/mol. The molecule has 3 aromatic rings. The van der Waals surface area contributed by atoms with Crippen molar-refractivity contribution in [2.45, 2.75) is 46.1 Å². The van der Waals surface area contributed by atoms with Gasteiger partial charge in [0.05, 0.1) is 12.1 Å². The zero-order valence-corrected chi connectivity index (χ0v) is 20.2. The summed E-state index contributed by atoms with van der Waals surface area (Å²) in [6.07, 6.45) is 3.72. The molecular formula is C28H33N3O3. The quantitative estimate of drug-likeness (QED) is 0.482. The second-order valence-electron chi connectivity index (χ2n) is 8.94. The van der Waals surface area contributed by atoms with Crippen LogP contribution >= 0.6 is 0 Å². The van der Waals surface area contributed by atoms with Crippen molar-refractivity contribution in [2.75, 3.05) is 19.6 Å². The van der Waals surface area contributed by atoms with Crippen LogP contribution in [0.15, 0.2) is 73.1 Å². The minimum absolute atomic E-state index is 0.0946. The molecule has 4 rings (SSSR count). The Morgan fingerprint density at radius 3 is 2.56 bits per heavy atom. The van der Waals surface area contributed by atoms with Crippen LogP contribution in [0.25, 0.3) is 0 Å². The van der Waals surface area contributed by atoms with Crippen molar-refractivity contribution >= 4 is 5.91 Å². The van der Waals surface area contributed by atoms with E-state index in [9.17, 15) is 4.79 Å². The highest BCUT2D eigenvalue weighted by molar-refractivity contribution is 5.73. The minimum Gasteiger partial charge on any atom is -0.491 e. The molecule has 0 bridgehead atoms. The molecule has 178 valence electrons. The van der Waals surface area contributed by atoms with Crippen molar-refractivity contribution in [3.8, 4) is 11.5 Å².